The maximum absolute atomic E-state index is 3.22. The van der Waals surface area contributed by atoms with E-state index in [0.29, 0.717) is 5.92 Å². The fraction of sp³-hybridized carbons (Fsp3) is 0.0909. The van der Waals surface area contributed by atoms with Crippen molar-refractivity contribution in [3.05, 3.63) is 60.3 Å². The summed E-state index contributed by atoms with van der Waals surface area (Å²) >= 11 is 0. The normalized spacial score (nSPS) is 26.2. The summed E-state index contributed by atoms with van der Waals surface area (Å²) < 4.78 is 0. The van der Waals surface area contributed by atoms with Gasteiger partial charge in [0.1, 0.15) is 0 Å². The zero-order valence-corrected chi connectivity index (χ0v) is 6.20. The van der Waals surface area contributed by atoms with E-state index in [2.05, 4.69) is 36.5 Å². The fourth-order valence-electron chi connectivity index (χ4n) is 1.25. The minimum Gasteiger partial charge on any atom is -0.0732 e. The fourth-order valence-corrected chi connectivity index (χ4v) is 1.25. The van der Waals surface area contributed by atoms with Gasteiger partial charge in [-0.05, 0) is 11.6 Å². The standard InChI is InChI=1S/C11H9/c1-2-6-10-8-4-5-9-11(10)7-3-1/h1-6,8-10H. The molecule has 0 fully saturated rings. The van der Waals surface area contributed by atoms with E-state index >= 15 is 0 Å². The molecule has 2 aliphatic carbocycles. The van der Waals surface area contributed by atoms with Gasteiger partial charge in [-0.25, -0.2) is 0 Å². The van der Waals surface area contributed by atoms with Gasteiger partial charge in [0.25, 0.3) is 0 Å². The maximum Gasteiger partial charge on any atom is 0.0211 e. The van der Waals surface area contributed by atoms with Crippen molar-refractivity contribution in [1.82, 2.24) is 0 Å². The summed E-state index contributed by atoms with van der Waals surface area (Å²) in [5.74, 6) is 0.440. The molecule has 0 nitrogen and oxygen atoms in total. The van der Waals surface area contributed by atoms with Crippen molar-refractivity contribution in [2.75, 3.05) is 0 Å². The quantitative estimate of drug-likeness (QED) is 0.486. The summed E-state index contributed by atoms with van der Waals surface area (Å²) in [6, 6.07) is 0. The first-order chi connectivity index (χ1) is 5.47. The second-order valence-electron chi connectivity index (χ2n) is 2.61. The average Bonchev–Trinajstić information content (AvgIpc) is 2.28. The van der Waals surface area contributed by atoms with Crippen LogP contribution >= 0.6 is 0 Å². The van der Waals surface area contributed by atoms with E-state index < -0.39 is 0 Å². The first kappa shape index (κ1) is 6.41. The highest BCUT2D eigenvalue weighted by Crippen LogP contribution is 2.21. The third-order valence-electron chi connectivity index (χ3n) is 1.84. The van der Waals surface area contributed by atoms with Crippen molar-refractivity contribution in [2.45, 2.75) is 0 Å². The van der Waals surface area contributed by atoms with Crippen LogP contribution in [0.3, 0.4) is 0 Å². The Kier molecular flexibility index (Phi) is 1.60. The lowest BCUT2D eigenvalue weighted by molar-refractivity contribution is 0.992. The summed E-state index contributed by atoms with van der Waals surface area (Å²) in [7, 11) is 0. The third kappa shape index (κ3) is 1.25. The molecule has 0 aromatic heterocycles. The zero-order valence-electron chi connectivity index (χ0n) is 6.20. The first-order valence-electron chi connectivity index (χ1n) is 3.78. The van der Waals surface area contributed by atoms with Crippen LogP contribution in [0, 0.1) is 12.0 Å². The van der Waals surface area contributed by atoms with Gasteiger partial charge in [-0.3, -0.25) is 0 Å². The van der Waals surface area contributed by atoms with Crippen molar-refractivity contribution >= 4 is 0 Å². The van der Waals surface area contributed by atoms with E-state index in [1.807, 2.05) is 18.2 Å². The number of fused-ring (bicyclic) bond motifs is 1. The number of allylic oxidation sites excluding steroid dienone is 10. The van der Waals surface area contributed by atoms with Crippen LogP contribution in [0.25, 0.3) is 0 Å². The van der Waals surface area contributed by atoms with Gasteiger partial charge in [0, 0.05) is 5.92 Å². The number of hydrogen-bond acceptors (Lipinski definition) is 0. The average molecular weight is 141 g/mol. The van der Waals surface area contributed by atoms with Crippen LogP contribution in [0.5, 0.6) is 0 Å². The summed E-state index contributed by atoms with van der Waals surface area (Å²) in [6.07, 6.45) is 19.8. The molecule has 11 heavy (non-hydrogen) atoms. The second-order valence-corrected chi connectivity index (χ2v) is 2.61. The molecule has 1 unspecified atom stereocenters. The van der Waals surface area contributed by atoms with Crippen LogP contribution in [0.1, 0.15) is 0 Å². The SMILES string of the molecule is [C]1=C2C=CC=CC2C=CC=C1. The van der Waals surface area contributed by atoms with Crippen LogP contribution in [-0.2, 0) is 0 Å². The lowest BCUT2D eigenvalue weighted by Crippen LogP contribution is -1.96. The molecule has 0 heteroatoms. The Balaban J connectivity index is 2.39. The Labute approximate surface area is 66.9 Å². The molecule has 53 valence electrons. The molecule has 0 saturated carbocycles. The molecular weight excluding hydrogens is 132 g/mol. The predicted octanol–water partition coefficient (Wildman–Crippen LogP) is 2.58. The van der Waals surface area contributed by atoms with Gasteiger partial charge in [-0.2, -0.15) is 0 Å². The minimum absolute atomic E-state index is 0.440. The van der Waals surface area contributed by atoms with Crippen LogP contribution in [0.15, 0.2) is 54.2 Å². The lowest BCUT2D eigenvalue weighted by atomic mass is 9.95. The van der Waals surface area contributed by atoms with Gasteiger partial charge in [0.05, 0.1) is 0 Å². The minimum atomic E-state index is 0.440. The van der Waals surface area contributed by atoms with Gasteiger partial charge in [-0.15, -0.1) is 0 Å². The molecule has 0 aliphatic heterocycles. The Morgan fingerprint density at radius 2 is 1.82 bits per heavy atom. The highest BCUT2D eigenvalue weighted by Gasteiger charge is 2.07. The Morgan fingerprint density at radius 1 is 1.00 bits per heavy atom. The monoisotopic (exact) mass is 141 g/mol. The van der Waals surface area contributed by atoms with E-state index in [4.69, 9.17) is 0 Å². The highest BCUT2D eigenvalue weighted by molar-refractivity contribution is 5.38. The van der Waals surface area contributed by atoms with Crippen LogP contribution in [-0.4, -0.2) is 0 Å². The van der Waals surface area contributed by atoms with E-state index in [1.165, 1.54) is 5.57 Å². The molecule has 1 radical (unpaired) electrons. The first-order valence-corrected chi connectivity index (χ1v) is 3.78. The van der Waals surface area contributed by atoms with Crippen molar-refractivity contribution in [1.29, 1.82) is 0 Å². The Hall–Kier alpha value is -1.30. The van der Waals surface area contributed by atoms with Gasteiger partial charge in [0.2, 0.25) is 0 Å². The molecule has 2 rings (SSSR count). The molecule has 0 N–H and O–H groups in total. The van der Waals surface area contributed by atoms with E-state index in [9.17, 15) is 0 Å². The second kappa shape index (κ2) is 2.75. The van der Waals surface area contributed by atoms with Crippen molar-refractivity contribution in [3.63, 3.8) is 0 Å². The Morgan fingerprint density at radius 3 is 2.73 bits per heavy atom. The summed E-state index contributed by atoms with van der Waals surface area (Å²) in [6.45, 7) is 0. The van der Waals surface area contributed by atoms with Gasteiger partial charge >= 0.3 is 0 Å². The zero-order chi connectivity index (χ0) is 7.52. The number of hydrogen-bond donors (Lipinski definition) is 0. The van der Waals surface area contributed by atoms with E-state index in [-0.39, 0.29) is 0 Å². The van der Waals surface area contributed by atoms with Gasteiger partial charge in [-0.1, -0.05) is 48.6 Å². The summed E-state index contributed by atoms with van der Waals surface area (Å²) in [5.41, 5.74) is 1.25. The van der Waals surface area contributed by atoms with Gasteiger partial charge < -0.3 is 0 Å². The Bertz CT molecular complexity index is 285. The molecular formula is C11H9. The smallest absolute Gasteiger partial charge is 0.0211 e. The van der Waals surface area contributed by atoms with E-state index in [1.54, 1.807) is 0 Å². The highest BCUT2D eigenvalue weighted by atomic mass is 14.1. The predicted molar refractivity (Wildman–Crippen MR) is 46.8 cm³/mol. The number of rotatable bonds is 0. The third-order valence-corrected chi connectivity index (χ3v) is 1.84. The van der Waals surface area contributed by atoms with Crippen molar-refractivity contribution < 1.29 is 0 Å². The van der Waals surface area contributed by atoms with Crippen LogP contribution < -0.4 is 0 Å². The lowest BCUT2D eigenvalue weighted by Gasteiger charge is -2.09. The molecule has 0 saturated heterocycles. The largest absolute Gasteiger partial charge is 0.0732 e. The molecule has 1 atom stereocenters. The maximum atomic E-state index is 3.22. The molecule has 0 heterocycles. The molecule has 0 bridgehead atoms. The van der Waals surface area contributed by atoms with Crippen molar-refractivity contribution in [3.8, 4) is 0 Å². The molecule has 2 aliphatic rings. The topological polar surface area (TPSA) is 0 Å². The molecule has 0 spiro atoms. The summed E-state index contributed by atoms with van der Waals surface area (Å²) in [4.78, 5) is 0. The van der Waals surface area contributed by atoms with Gasteiger partial charge in [0.15, 0.2) is 0 Å². The summed E-state index contributed by atoms with van der Waals surface area (Å²) in [5, 5.41) is 0. The van der Waals surface area contributed by atoms with Crippen LogP contribution in [0.2, 0.25) is 0 Å². The van der Waals surface area contributed by atoms with Crippen molar-refractivity contribution in [2.24, 2.45) is 5.92 Å². The molecule has 0 aromatic carbocycles. The molecule has 0 amide bonds. The van der Waals surface area contributed by atoms with E-state index in [0.717, 1.165) is 0 Å². The van der Waals surface area contributed by atoms with Crippen LogP contribution in [0.4, 0.5) is 0 Å². The molecule has 0 aromatic rings.